The topological polar surface area (TPSA) is 98.9 Å². The molecule has 1 aliphatic rings. The number of hydrogen-bond donors (Lipinski definition) is 1. The molecule has 1 atom stereocenters. The lowest BCUT2D eigenvalue weighted by Crippen LogP contribution is -2.52. The summed E-state index contributed by atoms with van der Waals surface area (Å²) in [5, 5.41) is 7.81. The molecule has 1 fully saturated rings. The quantitative estimate of drug-likeness (QED) is 0.292. The highest BCUT2D eigenvalue weighted by Crippen LogP contribution is 2.43. The van der Waals surface area contributed by atoms with Gasteiger partial charge in [0, 0.05) is 35.0 Å². The van der Waals surface area contributed by atoms with Crippen LogP contribution in [-0.2, 0) is 0 Å². The van der Waals surface area contributed by atoms with Crippen LogP contribution in [0.15, 0.2) is 61.3 Å². The summed E-state index contributed by atoms with van der Waals surface area (Å²) in [7, 11) is 1.42. The molecule has 0 saturated carbocycles. The minimum absolute atomic E-state index is 0.0662. The summed E-state index contributed by atoms with van der Waals surface area (Å²) in [4.78, 5) is 13.6. The normalized spacial score (nSPS) is 18.6. The van der Waals surface area contributed by atoms with Crippen molar-refractivity contribution < 1.29 is 27.1 Å². The van der Waals surface area contributed by atoms with Crippen molar-refractivity contribution in [2.45, 2.75) is 25.4 Å². The Morgan fingerprint density at radius 3 is 2.77 bits per heavy atom. The third-order valence-electron chi connectivity index (χ3n) is 6.65. The van der Waals surface area contributed by atoms with Gasteiger partial charge in [0.2, 0.25) is 5.88 Å². The smallest absolute Gasteiger partial charge is 0.296 e. The van der Waals surface area contributed by atoms with Gasteiger partial charge in [0.25, 0.3) is 5.92 Å². The number of anilines is 2. The molecule has 1 aliphatic heterocycles. The predicted octanol–water partition coefficient (Wildman–Crippen LogP) is 5.24. The van der Waals surface area contributed by atoms with E-state index in [-0.39, 0.29) is 24.5 Å². The molecule has 12 heteroatoms. The summed E-state index contributed by atoms with van der Waals surface area (Å²) in [5.41, 5.74) is 3.15. The number of benzene rings is 2. The molecular weight excluding hydrogens is 520 g/mol. The predicted molar refractivity (Wildman–Crippen MR) is 145 cm³/mol. The van der Waals surface area contributed by atoms with Gasteiger partial charge >= 0.3 is 0 Å². The van der Waals surface area contributed by atoms with Crippen LogP contribution < -0.4 is 19.5 Å². The van der Waals surface area contributed by atoms with Crippen molar-refractivity contribution in [1.29, 1.82) is 0 Å². The molecular formula is C28H27F2N7O3. The average molecular weight is 551 g/mol. The number of nitrogens with one attached hydrogen (secondary N) is 1. The Bertz CT molecular complexity index is 1800. The lowest BCUT2D eigenvalue weighted by molar-refractivity contribution is -0.135. The van der Waals surface area contributed by atoms with Gasteiger partial charge in [-0.05, 0) is 55.9 Å². The number of ether oxygens (including phenoxy) is 3. The third kappa shape index (κ3) is 4.93. The molecule has 0 spiro atoms. The maximum Gasteiger partial charge on any atom is 0.296 e. The second kappa shape index (κ2) is 10.2. The van der Waals surface area contributed by atoms with Crippen LogP contribution in [0.1, 0.15) is 16.1 Å². The summed E-state index contributed by atoms with van der Waals surface area (Å²) in [6.07, 6.45) is 2.78. The number of halogens is 2. The highest BCUT2D eigenvalue weighted by Gasteiger charge is 2.46. The Morgan fingerprint density at radius 1 is 1.10 bits per heavy atom. The molecule has 40 heavy (non-hydrogen) atoms. The van der Waals surface area contributed by atoms with E-state index in [2.05, 4.69) is 25.4 Å². The van der Waals surface area contributed by atoms with Crippen LogP contribution in [0.4, 0.5) is 20.2 Å². The number of piperidine rings is 1. The molecule has 10 nitrogen and oxygen atoms in total. The Hall–Kier alpha value is -4.58. The zero-order chi connectivity index (χ0) is 30.4. The number of aromatic nitrogens is 5. The van der Waals surface area contributed by atoms with Gasteiger partial charge < -0.3 is 24.4 Å². The molecule has 4 heterocycles. The SMILES string of the molecule is [2H]C([2H])([2H])N1CCC(Oc2c(OC)ccc3nccc(Nc4ccc(Oc5cc6ncnn6cn5)c(C)c4)c23)C(F)(F)C1. The molecule has 3 aromatic heterocycles. The lowest BCUT2D eigenvalue weighted by Gasteiger charge is -2.36. The van der Waals surface area contributed by atoms with Crippen LogP contribution in [0.3, 0.4) is 0 Å². The average Bonchev–Trinajstić information content (AvgIpc) is 3.43. The molecule has 0 amide bonds. The lowest BCUT2D eigenvalue weighted by atomic mass is 10.0. The van der Waals surface area contributed by atoms with Gasteiger partial charge in [-0.3, -0.25) is 4.98 Å². The highest BCUT2D eigenvalue weighted by atomic mass is 19.3. The standard InChI is InChI=1S/C28H27F2N7O3/c1-17-12-18(4-6-21(17)39-25-13-24-32-15-34-37(24)16-33-25)35-20-8-10-31-19-5-7-22(38-3)27(26(19)20)40-23-9-11-36(2)14-28(23,29)30/h4-8,10,12-13,15-16,23H,9,11,14H2,1-3H3,(H,31,35)/i2D3. The van der Waals surface area contributed by atoms with Crippen LogP contribution >= 0.6 is 0 Å². The number of rotatable bonds is 7. The van der Waals surface area contributed by atoms with E-state index in [1.54, 1.807) is 36.5 Å². The minimum Gasteiger partial charge on any atom is -0.493 e. The molecule has 1 N–H and O–H groups in total. The van der Waals surface area contributed by atoms with Gasteiger partial charge in [0.05, 0.1) is 30.2 Å². The van der Waals surface area contributed by atoms with E-state index in [9.17, 15) is 0 Å². The first-order chi connectivity index (χ1) is 20.5. The molecule has 0 radical (unpaired) electrons. The fourth-order valence-electron chi connectivity index (χ4n) is 4.66. The monoisotopic (exact) mass is 550 g/mol. The Kier molecular flexibility index (Phi) is 5.67. The summed E-state index contributed by atoms with van der Waals surface area (Å²) < 4.78 is 72.0. The molecule has 2 aromatic carbocycles. The van der Waals surface area contributed by atoms with Crippen molar-refractivity contribution in [3.63, 3.8) is 0 Å². The van der Waals surface area contributed by atoms with E-state index in [0.29, 0.717) is 39.6 Å². The number of nitrogens with zero attached hydrogens (tertiary/aromatic N) is 6. The van der Waals surface area contributed by atoms with Crippen LogP contribution in [0.5, 0.6) is 23.1 Å². The number of pyridine rings is 1. The van der Waals surface area contributed by atoms with E-state index in [1.165, 1.54) is 24.3 Å². The summed E-state index contributed by atoms with van der Waals surface area (Å²) in [6, 6.07) is 12.2. The maximum atomic E-state index is 15.2. The van der Waals surface area contributed by atoms with Gasteiger partial charge in [-0.2, -0.15) is 5.10 Å². The molecule has 1 saturated heterocycles. The molecule has 6 rings (SSSR count). The van der Waals surface area contributed by atoms with Crippen molar-refractivity contribution in [1.82, 2.24) is 29.5 Å². The van der Waals surface area contributed by atoms with Crippen molar-refractivity contribution in [2.75, 3.05) is 32.5 Å². The van der Waals surface area contributed by atoms with Gasteiger partial charge in [0.1, 0.15) is 18.4 Å². The molecule has 1 unspecified atom stereocenters. The molecule has 0 aliphatic carbocycles. The first-order valence-corrected chi connectivity index (χ1v) is 12.5. The second-order valence-corrected chi connectivity index (χ2v) is 9.42. The zero-order valence-corrected chi connectivity index (χ0v) is 21.6. The summed E-state index contributed by atoms with van der Waals surface area (Å²) in [6.45, 7) is -1.75. The van der Waals surface area contributed by atoms with Gasteiger partial charge in [0.15, 0.2) is 23.3 Å². The van der Waals surface area contributed by atoms with Gasteiger partial charge in [-0.1, -0.05) is 0 Å². The van der Waals surface area contributed by atoms with Crippen molar-refractivity contribution in [3.05, 3.63) is 66.9 Å². The first kappa shape index (κ1) is 22.3. The zero-order valence-electron chi connectivity index (χ0n) is 24.6. The largest absolute Gasteiger partial charge is 0.493 e. The second-order valence-electron chi connectivity index (χ2n) is 9.42. The van der Waals surface area contributed by atoms with E-state index in [0.717, 1.165) is 10.5 Å². The van der Waals surface area contributed by atoms with Gasteiger partial charge in [-0.25, -0.2) is 23.3 Å². The molecule has 5 aromatic rings. The number of likely N-dealkylation sites (tertiary alicyclic amines) is 1. The van der Waals surface area contributed by atoms with Crippen molar-refractivity contribution in [3.8, 4) is 23.1 Å². The van der Waals surface area contributed by atoms with E-state index >= 15 is 8.78 Å². The van der Waals surface area contributed by atoms with Crippen molar-refractivity contribution >= 4 is 27.9 Å². The number of aryl methyl sites for hydroxylation is 1. The van der Waals surface area contributed by atoms with Crippen LogP contribution in [0, 0.1) is 6.92 Å². The Labute approximate surface area is 232 Å². The van der Waals surface area contributed by atoms with E-state index < -0.39 is 25.5 Å². The number of fused-ring (bicyclic) bond motifs is 2. The Balaban J connectivity index is 1.29. The fraction of sp³-hybridized carbons (Fsp3) is 0.286. The molecule has 206 valence electrons. The minimum atomic E-state index is -3.42. The number of hydrogen-bond acceptors (Lipinski definition) is 9. The van der Waals surface area contributed by atoms with Crippen molar-refractivity contribution in [2.24, 2.45) is 0 Å². The first-order valence-electron chi connectivity index (χ1n) is 14.0. The van der Waals surface area contributed by atoms with Crippen LogP contribution in [0.2, 0.25) is 0 Å². The Morgan fingerprint density at radius 2 is 1.98 bits per heavy atom. The van der Waals surface area contributed by atoms with E-state index in [4.69, 9.17) is 18.3 Å². The van der Waals surface area contributed by atoms with Gasteiger partial charge in [-0.15, -0.1) is 0 Å². The van der Waals surface area contributed by atoms with E-state index in [1.807, 2.05) is 19.1 Å². The third-order valence-corrected chi connectivity index (χ3v) is 6.65. The fourth-order valence-corrected chi connectivity index (χ4v) is 4.66. The highest BCUT2D eigenvalue weighted by molar-refractivity contribution is 5.99. The van der Waals surface area contributed by atoms with Crippen LogP contribution in [-0.4, -0.2) is 68.7 Å². The number of methoxy groups -OCH3 is 1. The summed E-state index contributed by atoms with van der Waals surface area (Å²) in [5.74, 6) is -2.14. The number of alkyl halides is 2. The summed E-state index contributed by atoms with van der Waals surface area (Å²) >= 11 is 0. The maximum absolute atomic E-state index is 15.2. The van der Waals surface area contributed by atoms with Crippen LogP contribution in [0.25, 0.3) is 16.6 Å². The molecule has 0 bridgehead atoms.